The van der Waals surface area contributed by atoms with Crippen molar-refractivity contribution in [1.29, 1.82) is 0 Å². The molecule has 0 bridgehead atoms. The van der Waals surface area contributed by atoms with Gasteiger partial charge in [0.15, 0.2) is 0 Å². The largest absolute Gasteiger partial charge is 0.352 e. The summed E-state index contributed by atoms with van der Waals surface area (Å²) in [7, 11) is -3.80. The topological polar surface area (TPSA) is 86.8 Å². The van der Waals surface area contributed by atoms with E-state index >= 15 is 0 Å². The predicted molar refractivity (Wildman–Crippen MR) is 142 cm³/mol. The number of anilines is 1. The molecule has 0 aliphatic rings. The van der Waals surface area contributed by atoms with Crippen molar-refractivity contribution in [2.45, 2.75) is 66.1 Å². The number of nitrogens with zero attached hydrogens (tertiary/aromatic N) is 2. The van der Waals surface area contributed by atoms with E-state index in [-0.39, 0.29) is 18.5 Å². The molecule has 0 saturated heterocycles. The van der Waals surface area contributed by atoms with Crippen LogP contribution in [0, 0.1) is 13.8 Å². The van der Waals surface area contributed by atoms with Crippen molar-refractivity contribution in [3.63, 3.8) is 0 Å². The summed E-state index contributed by atoms with van der Waals surface area (Å²) in [6.45, 7) is 9.23. The van der Waals surface area contributed by atoms with Gasteiger partial charge in [-0.05, 0) is 56.9 Å². The number of nitrogens with one attached hydrogen (secondary N) is 1. The number of hydrogen-bond donors (Lipinski definition) is 1. The molecule has 2 rings (SSSR count). The van der Waals surface area contributed by atoms with Crippen LogP contribution in [0.1, 0.15) is 50.3 Å². The van der Waals surface area contributed by atoms with Crippen LogP contribution in [0.2, 0.25) is 5.02 Å². The average Bonchev–Trinajstić information content (AvgIpc) is 2.79. The number of carbonyl (C=O) groups is 2. The lowest BCUT2D eigenvalue weighted by Gasteiger charge is -2.33. The molecule has 192 valence electrons. The fourth-order valence-electron chi connectivity index (χ4n) is 3.60. The molecule has 2 amide bonds. The molecule has 9 heteroatoms. The Kier molecular flexibility index (Phi) is 10.2. The van der Waals surface area contributed by atoms with Crippen molar-refractivity contribution in [1.82, 2.24) is 10.2 Å². The molecule has 0 radical (unpaired) electrons. The Labute approximate surface area is 214 Å². The monoisotopic (exact) mass is 521 g/mol. The van der Waals surface area contributed by atoms with E-state index in [1.165, 1.54) is 11.0 Å². The van der Waals surface area contributed by atoms with Crippen LogP contribution in [0.4, 0.5) is 5.69 Å². The van der Waals surface area contributed by atoms with E-state index in [1.807, 2.05) is 58.9 Å². The first-order chi connectivity index (χ1) is 16.4. The minimum atomic E-state index is -3.80. The summed E-state index contributed by atoms with van der Waals surface area (Å²) in [5, 5.41) is 3.36. The number of amides is 2. The highest BCUT2D eigenvalue weighted by Crippen LogP contribution is 2.25. The molecule has 1 N–H and O–H groups in total. The summed E-state index contributed by atoms with van der Waals surface area (Å²) in [6, 6.07) is 11.8. The van der Waals surface area contributed by atoms with E-state index in [0.717, 1.165) is 33.7 Å². The van der Waals surface area contributed by atoms with E-state index in [4.69, 9.17) is 11.6 Å². The van der Waals surface area contributed by atoms with Crippen molar-refractivity contribution in [2.24, 2.45) is 0 Å². The first kappa shape index (κ1) is 28.7. The van der Waals surface area contributed by atoms with Gasteiger partial charge in [0, 0.05) is 17.6 Å². The zero-order valence-corrected chi connectivity index (χ0v) is 22.9. The van der Waals surface area contributed by atoms with Crippen LogP contribution >= 0.6 is 11.6 Å². The van der Waals surface area contributed by atoms with E-state index in [9.17, 15) is 18.0 Å². The lowest BCUT2D eigenvalue weighted by molar-refractivity contribution is -0.140. The smallest absolute Gasteiger partial charge is 0.244 e. The average molecular weight is 522 g/mol. The standard InChI is InChI=1S/C26H36ClN3O4S/c1-7-20(5)28-26(32)24(8-2)29(16-21-12-9-18(3)10-13-21)25(31)17-30(35(6,33)34)22-14-11-19(4)23(27)15-22/h9-15,20,24H,7-8,16-17H2,1-6H3,(H,28,32). The zero-order valence-electron chi connectivity index (χ0n) is 21.3. The quantitative estimate of drug-likeness (QED) is 0.473. The van der Waals surface area contributed by atoms with E-state index in [1.54, 1.807) is 12.1 Å². The molecule has 35 heavy (non-hydrogen) atoms. The second kappa shape index (κ2) is 12.4. The van der Waals surface area contributed by atoms with Crippen LogP contribution < -0.4 is 9.62 Å². The maximum atomic E-state index is 13.7. The second-order valence-corrected chi connectivity index (χ2v) is 11.3. The van der Waals surface area contributed by atoms with Crippen molar-refractivity contribution in [3.8, 4) is 0 Å². The van der Waals surface area contributed by atoms with Crippen molar-refractivity contribution in [2.75, 3.05) is 17.1 Å². The first-order valence-corrected chi connectivity index (χ1v) is 14.0. The highest BCUT2D eigenvalue weighted by atomic mass is 35.5. The fraction of sp³-hybridized carbons (Fsp3) is 0.462. The van der Waals surface area contributed by atoms with E-state index in [0.29, 0.717) is 17.1 Å². The molecule has 0 spiro atoms. The molecular weight excluding hydrogens is 486 g/mol. The minimum Gasteiger partial charge on any atom is -0.352 e. The Bertz CT molecular complexity index is 1140. The summed E-state index contributed by atoms with van der Waals surface area (Å²) in [5.41, 5.74) is 3.02. The number of halogens is 1. The second-order valence-electron chi connectivity index (χ2n) is 8.95. The zero-order chi connectivity index (χ0) is 26.3. The summed E-state index contributed by atoms with van der Waals surface area (Å²) in [6.07, 6.45) is 2.19. The van der Waals surface area contributed by atoms with Crippen LogP contribution in [0.5, 0.6) is 0 Å². The van der Waals surface area contributed by atoms with Gasteiger partial charge in [-0.3, -0.25) is 13.9 Å². The van der Waals surface area contributed by atoms with Crippen LogP contribution in [0.25, 0.3) is 0 Å². The molecule has 7 nitrogen and oxygen atoms in total. The fourth-order valence-corrected chi connectivity index (χ4v) is 4.62. The van der Waals surface area contributed by atoms with Gasteiger partial charge in [-0.2, -0.15) is 0 Å². The normalized spacial score (nSPS) is 13.1. The van der Waals surface area contributed by atoms with E-state index < -0.39 is 28.5 Å². The maximum absolute atomic E-state index is 13.7. The molecular formula is C26H36ClN3O4S. The Morgan fingerprint density at radius 1 is 1.03 bits per heavy atom. The molecule has 2 aromatic carbocycles. The number of carbonyl (C=O) groups excluding carboxylic acids is 2. The molecule has 2 aromatic rings. The Balaban J connectivity index is 2.45. The van der Waals surface area contributed by atoms with Crippen LogP contribution in [0.15, 0.2) is 42.5 Å². The van der Waals surface area contributed by atoms with Gasteiger partial charge in [-0.25, -0.2) is 8.42 Å². The van der Waals surface area contributed by atoms with Gasteiger partial charge in [-0.1, -0.05) is 61.3 Å². The van der Waals surface area contributed by atoms with Crippen molar-refractivity contribution < 1.29 is 18.0 Å². The number of sulfonamides is 1. The number of hydrogen-bond acceptors (Lipinski definition) is 4. The summed E-state index contributed by atoms with van der Waals surface area (Å²) >= 11 is 6.23. The predicted octanol–water partition coefficient (Wildman–Crippen LogP) is 4.44. The molecule has 2 unspecified atom stereocenters. The molecule has 0 aromatic heterocycles. The SMILES string of the molecule is CCC(C)NC(=O)C(CC)N(Cc1ccc(C)cc1)C(=O)CN(c1ccc(C)c(Cl)c1)S(C)(=O)=O. The number of aryl methyl sites for hydroxylation is 2. The molecule has 0 aliphatic carbocycles. The summed E-state index contributed by atoms with van der Waals surface area (Å²) < 4.78 is 26.4. The maximum Gasteiger partial charge on any atom is 0.244 e. The lowest BCUT2D eigenvalue weighted by Crippen LogP contribution is -2.53. The highest BCUT2D eigenvalue weighted by Gasteiger charge is 2.32. The third-order valence-electron chi connectivity index (χ3n) is 5.98. The lowest BCUT2D eigenvalue weighted by atomic mass is 10.1. The Hall–Kier alpha value is -2.58. The van der Waals surface area contributed by atoms with Crippen molar-refractivity contribution in [3.05, 3.63) is 64.2 Å². The van der Waals surface area contributed by atoms with Gasteiger partial charge in [0.1, 0.15) is 12.6 Å². The van der Waals surface area contributed by atoms with Gasteiger partial charge in [-0.15, -0.1) is 0 Å². The third kappa shape index (κ3) is 7.97. The molecule has 0 heterocycles. The highest BCUT2D eigenvalue weighted by molar-refractivity contribution is 7.92. The molecule has 0 aliphatic heterocycles. The summed E-state index contributed by atoms with van der Waals surface area (Å²) in [5.74, 6) is -0.731. The van der Waals surface area contributed by atoms with E-state index in [2.05, 4.69) is 5.32 Å². The van der Waals surface area contributed by atoms with Gasteiger partial charge in [0.25, 0.3) is 0 Å². The van der Waals surface area contributed by atoms with Gasteiger partial charge in [0.2, 0.25) is 21.8 Å². The Morgan fingerprint density at radius 2 is 1.66 bits per heavy atom. The third-order valence-corrected chi connectivity index (χ3v) is 7.53. The minimum absolute atomic E-state index is 0.0462. The first-order valence-electron chi connectivity index (χ1n) is 11.8. The number of rotatable bonds is 11. The van der Waals surface area contributed by atoms with Gasteiger partial charge >= 0.3 is 0 Å². The molecule has 0 fully saturated rings. The van der Waals surface area contributed by atoms with Crippen molar-refractivity contribution >= 4 is 39.1 Å². The Morgan fingerprint density at radius 3 is 2.17 bits per heavy atom. The van der Waals surface area contributed by atoms with Crippen LogP contribution in [0.3, 0.4) is 0 Å². The van der Waals surface area contributed by atoms with Gasteiger partial charge < -0.3 is 10.2 Å². The molecule has 2 atom stereocenters. The van der Waals surface area contributed by atoms with Crippen LogP contribution in [-0.4, -0.2) is 50.0 Å². The van der Waals surface area contributed by atoms with Gasteiger partial charge in [0.05, 0.1) is 11.9 Å². The van der Waals surface area contributed by atoms with Crippen LogP contribution in [-0.2, 0) is 26.2 Å². The molecule has 0 saturated carbocycles. The summed E-state index contributed by atoms with van der Waals surface area (Å²) in [4.78, 5) is 28.2. The number of benzene rings is 2.